The number of rotatable bonds is 3. The van der Waals surface area contributed by atoms with Crippen molar-refractivity contribution in [2.45, 2.75) is 26.7 Å². The van der Waals surface area contributed by atoms with Gasteiger partial charge in [0.2, 0.25) is 0 Å². The van der Waals surface area contributed by atoms with E-state index in [1.165, 1.54) is 5.56 Å². The molecule has 2 N–H and O–H groups in total. The lowest BCUT2D eigenvalue weighted by molar-refractivity contribution is 0.0937. The third-order valence-corrected chi connectivity index (χ3v) is 2.41. The van der Waals surface area contributed by atoms with Crippen LogP contribution in [0.1, 0.15) is 41.3 Å². The van der Waals surface area contributed by atoms with Gasteiger partial charge in [0.15, 0.2) is 0 Å². The molecule has 0 unspecified atom stereocenters. The first-order valence-electron chi connectivity index (χ1n) is 5.14. The number of carbonyl (C=O) groups is 1. The van der Waals surface area contributed by atoms with Crippen LogP contribution in [-0.4, -0.2) is 13.0 Å². The first-order valence-corrected chi connectivity index (χ1v) is 5.14. The summed E-state index contributed by atoms with van der Waals surface area (Å²) < 4.78 is 0. The van der Waals surface area contributed by atoms with Gasteiger partial charge in [-0.2, -0.15) is 0 Å². The number of carbonyl (C=O) groups excluding carboxylic acids is 1. The Hall–Kier alpha value is -1.35. The van der Waals surface area contributed by atoms with Crippen LogP contribution in [0.15, 0.2) is 18.2 Å². The Bertz CT molecular complexity index is 359. The zero-order valence-electron chi connectivity index (χ0n) is 9.72. The third kappa shape index (κ3) is 2.80. The number of amides is 1. The average Bonchev–Trinajstić information content (AvgIpc) is 2.18. The summed E-state index contributed by atoms with van der Waals surface area (Å²) in [6.07, 6.45) is 0. The molecule has 3 heteroatoms. The maximum atomic E-state index is 11.7. The summed E-state index contributed by atoms with van der Waals surface area (Å²) in [4.78, 5) is 11.7. The van der Waals surface area contributed by atoms with Crippen molar-refractivity contribution in [2.75, 3.05) is 7.05 Å². The van der Waals surface area contributed by atoms with E-state index in [2.05, 4.69) is 30.8 Å². The van der Waals surface area contributed by atoms with Crippen molar-refractivity contribution in [2.24, 2.45) is 0 Å². The van der Waals surface area contributed by atoms with Gasteiger partial charge in [-0.3, -0.25) is 10.2 Å². The minimum Gasteiger partial charge on any atom is -0.288 e. The Labute approximate surface area is 90.9 Å². The Kier molecular flexibility index (Phi) is 3.86. The Morgan fingerprint density at radius 3 is 2.53 bits per heavy atom. The van der Waals surface area contributed by atoms with Crippen LogP contribution in [0.3, 0.4) is 0 Å². The van der Waals surface area contributed by atoms with Crippen LogP contribution in [0.4, 0.5) is 0 Å². The maximum absolute atomic E-state index is 11.7. The van der Waals surface area contributed by atoms with E-state index in [1.807, 2.05) is 19.1 Å². The van der Waals surface area contributed by atoms with Crippen molar-refractivity contribution in [1.29, 1.82) is 0 Å². The third-order valence-electron chi connectivity index (χ3n) is 2.41. The molecule has 1 aromatic rings. The first kappa shape index (κ1) is 11.7. The van der Waals surface area contributed by atoms with Crippen LogP contribution >= 0.6 is 0 Å². The molecule has 0 saturated carbocycles. The molecule has 0 aliphatic heterocycles. The molecule has 1 rings (SSSR count). The lowest BCUT2D eigenvalue weighted by atomic mass is 9.97. The van der Waals surface area contributed by atoms with Gasteiger partial charge < -0.3 is 0 Å². The molecule has 0 spiro atoms. The highest BCUT2D eigenvalue weighted by Gasteiger charge is 2.09. The second kappa shape index (κ2) is 4.94. The fourth-order valence-corrected chi connectivity index (χ4v) is 1.42. The van der Waals surface area contributed by atoms with Crippen molar-refractivity contribution in [3.8, 4) is 0 Å². The topological polar surface area (TPSA) is 41.1 Å². The number of nitrogens with one attached hydrogen (secondary N) is 2. The zero-order chi connectivity index (χ0) is 11.4. The molecular weight excluding hydrogens is 188 g/mol. The maximum Gasteiger partial charge on any atom is 0.265 e. The van der Waals surface area contributed by atoms with Gasteiger partial charge in [0.1, 0.15) is 0 Å². The number of hydrazine groups is 1. The molecule has 0 radical (unpaired) electrons. The van der Waals surface area contributed by atoms with E-state index in [-0.39, 0.29) is 5.91 Å². The fraction of sp³-hybridized carbons (Fsp3) is 0.417. The van der Waals surface area contributed by atoms with Gasteiger partial charge in [-0.25, -0.2) is 5.43 Å². The molecule has 1 aromatic carbocycles. The minimum absolute atomic E-state index is 0.0856. The van der Waals surface area contributed by atoms with Gasteiger partial charge in [0, 0.05) is 12.6 Å². The van der Waals surface area contributed by atoms with Crippen LogP contribution in [0.25, 0.3) is 0 Å². The second-order valence-corrected chi connectivity index (χ2v) is 3.93. The molecule has 0 aliphatic rings. The number of hydrogen-bond donors (Lipinski definition) is 2. The first-order chi connectivity index (χ1) is 7.06. The molecular formula is C12H18N2O. The number of hydrogen-bond acceptors (Lipinski definition) is 2. The van der Waals surface area contributed by atoms with E-state index in [4.69, 9.17) is 0 Å². The molecule has 1 amide bonds. The van der Waals surface area contributed by atoms with Crippen LogP contribution in [0.2, 0.25) is 0 Å². The average molecular weight is 206 g/mol. The summed E-state index contributed by atoms with van der Waals surface area (Å²) in [5, 5.41) is 0. The van der Waals surface area contributed by atoms with Gasteiger partial charge >= 0.3 is 0 Å². The molecule has 0 heterocycles. The summed E-state index contributed by atoms with van der Waals surface area (Å²) in [5.74, 6) is 0.351. The highest BCUT2D eigenvalue weighted by Crippen LogP contribution is 2.18. The van der Waals surface area contributed by atoms with Gasteiger partial charge in [0.25, 0.3) is 5.91 Å². The van der Waals surface area contributed by atoms with E-state index < -0.39 is 0 Å². The fourth-order valence-electron chi connectivity index (χ4n) is 1.42. The van der Waals surface area contributed by atoms with E-state index in [1.54, 1.807) is 7.05 Å². The molecule has 3 nitrogen and oxygen atoms in total. The van der Waals surface area contributed by atoms with Crippen molar-refractivity contribution >= 4 is 5.91 Å². The number of benzene rings is 1. The van der Waals surface area contributed by atoms with Crippen molar-refractivity contribution in [1.82, 2.24) is 10.9 Å². The molecule has 82 valence electrons. The van der Waals surface area contributed by atoms with E-state index in [0.29, 0.717) is 5.92 Å². The van der Waals surface area contributed by atoms with Crippen molar-refractivity contribution in [3.63, 3.8) is 0 Å². The minimum atomic E-state index is -0.0856. The second-order valence-electron chi connectivity index (χ2n) is 3.93. The largest absolute Gasteiger partial charge is 0.288 e. The summed E-state index contributed by atoms with van der Waals surface area (Å²) in [6.45, 7) is 6.17. The highest BCUT2D eigenvalue weighted by atomic mass is 16.2. The van der Waals surface area contributed by atoms with Crippen molar-refractivity contribution < 1.29 is 4.79 Å². The Balaban J connectivity index is 3.05. The Morgan fingerprint density at radius 2 is 2.00 bits per heavy atom. The smallest absolute Gasteiger partial charge is 0.265 e. The Morgan fingerprint density at radius 1 is 1.33 bits per heavy atom. The standard InChI is InChI=1S/C12H18N2O/c1-8(2)10-6-5-9(3)11(7-10)12(15)14-13-4/h5-8,13H,1-4H3,(H,14,15). The molecule has 15 heavy (non-hydrogen) atoms. The summed E-state index contributed by atoms with van der Waals surface area (Å²) in [6, 6.07) is 6.00. The summed E-state index contributed by atoms with van der Waals surface area (Å²) in [7, 11) is 1.68. The SMILES string of the molecule is CNNC(=O)c1cc(C(C)C)ccc1C. The zero-order valence-corrected chi connectivity index (χ0v) is 9.72. The quantitative estimate of drug-likeness (QED) is 0.742. The van der Waals surface area contributed by atoms with E-state index in [9.17, 15) is 4.79 Å². The highest BCUT2D eigenvalue weighted by molar-refractivity contribution is 5.95. The van der Waals surface area contributed by atoms with Gasteiger partial charge in [-0.05, 0) is 30.0 Å². The molecule has 0 saturated heterocycles. The number of aryl methyl sites for hydroxylation is 1. The normalized spacial score (nSPS) is 10.5. The molecule has 0 atom stereocenters. The van der Waals surface area contributed by atoms with E-state index in [0.717, 1.165) is 11.1 Å². The molecule has 0 aliphatic carbocycles. The van der Waals surface area contributed by atoms with Gasteiger partial charge in [0.05, 0.1) is 0 Å². The summed E-state index contributed by atoms with van der Waals surface area (Å²) in [5.41, 5.74) is 8.13. The predicted molar refractivity (Wildman–Crippen MR) is 61.8 cm³/mol. The molecule has 0 aromatic heterocycles. The van der Waals surface area contributed by atoms with Gasteiger partial charge in [-0.15, -0.1) is 0 Å². The monoisotopic (exact) mass is 206 g/mol. The van der Waals surface area contributed by atoms with Crippen LogP contribution < -0.4 is 10.9 Å². The lowest BCUT2D eigenvalue weighted by Gasteiger charge is -2.10. The lowest BCUT2D eigenvalue weighted by Crippen LogP contribution is -2.34. The molecule has 0 fully saturated rings. The predicted octanol–water partition coefficient (Wildman–Crippen LogP) is 1.98. The summed E-state index contributed by atoms with van der Waals surface area (Å²) >= 11 is 0. The van der Waals surface area contributed by atoms with Gasteiger partial charge in [-0.1, -0.05) is 26.0 Å². The van der Waals surface area contributed by atoms with Crippen molar-refractivity contribution in [3.05, 3.63) is 34.9 Å². The van der Waals surface area contributed by atoms with E-state index >= 15 is 0 Å². The van der Waals surface area contributed by atoms with Crippen LogP contribution in [0, 0.1) is 6.92 Å². The van der Waals surface area contributed by atoms with Crippen LogP contribution in [-0.2, 0) is 0 Å². The van der Waals surface area contributed by atoms with Crippen LogP contribution in [0.5, 0.6) is 0 Å². The molecule has 0 bridgehead atoms.